The Labute approximate surface area is 140 Å². The summed E-state index contributed by atoms with van der Waals surface area (Å²) in [6.45, 7) is 1.30. The molecule has 0 saturated heterocycles. The predicted molar refractivity (Wildman–Crippen MR) is 95.7 cm³/mol. The Balaban J connectivity index is 0.00000361. The summed E-state index contributed by atoms with van der Waals surface area (Å²) < 4.78 is 22.0. The largest absolute Gasteiger partial charge is 0.356 e. The van der Waals surface area contributed by atoms with E-state index in [1.807, 2.05) is 0 Å². The van der Waals surface area contributed by atoms with E-state index < -0.39 is 9.84 Å². The van der Waals surface area contributed by atoms with E-state index in [4.69, 9.17) is 0 Å². The molecular weight excluding hydrogens is 389 g/mol. The Bertz CT molecular complexity index is 379. The average molecular weight is 417 g/mol. The van der Waals surface area contributed by atoms with Gasteiger partial charge in [-0.05, 0) is 18.8 Å². The SMILES string of the molecule is CN=C(NCCCC1CCCC1)NCCS(C)(=O)=O.I. The first-order chi connectivity index (χ1) is 9.01. The van der Waals surface area contributed by atoms with Crippen LogP contribution in [0.5, 0.6) is 0 Å². The lowest BCUT2D eigenvalue weighted by atomic mass is 10.0. The van der Waals surface area contributed by atoms with E-state index in [0.717, 1.165) is 18.9 Å². The number of guanidine groups is 1. The van der Waals surface area contributed by atoms with Crippen molar-refractivity contribution in [3.63, 3.8) is 0 Å². The van der Waals surface area contributed by atoms with Crippen LogP contribution in [0.15, 0.2) is 4.99 Å². The van der Waals surface area contributed by atoms with Crippen molar-refractivity contribution in [1.29, 1.82) is 0 Å². The molecule has 0 spiro atoms. The van der Waals surface area contributed by atoms with Crippen LogP contribution in [0, 0.1) is 5.92 Å². The molecule has 0 aromatic rings. The molecular formula is C13H28IN3O2S. The van der Waals surface area contributed by atoms with Crippen molar-refractivity contribution >= 4 is 39.8 Å². The van der Waals surface area contributed by atoms with Gasteiger partial charge in [-0.15, -0.1) is 24.0 Å². The number of sulfone groups is 1. The van der Waals surface area contributed by atoms with Crippen LogP contribution < -0.4 is 10.6 Å². The number of hydrogen-bond acceptors (Lipinski definition) is 3. The van der Waals surface area contributed by atoms with E-state index in [1.54, 1.807) is 7.05 Å². The quantitative estimate of drug-likeness (QED) is 0.287. The Morgan fingerprint density at radius 3 is 2.35 bits per heavy atom. The van der Waals surface area contributed by atoms with Crippen molar-refractivity contribution in [3.8, 4) is 0 Å². The van der Waals surface area contributed by atoms with Crippen LogP contribution in [0.3, 0.4) is 0 Å². The lowest BCUT2D eigenvalue weighted by Crippen LogP contribution is -2.39. The maximum absolute atomic E-state index is 11.0. The van der Waals surface area contributed by atoms with E-state index in [-0.39, 0.29) is 29.7 Å². The lowest BCUT2D eigenvalue weighted by Gasteiger charge is -2.13. The molecule has 0 unspecified atom stereocenters. The van der Waals surface area contributed by atoms with Gasteiger partial charge in [-0.1, -0.05) is 25.7 Å². The molecule has 1 saturated carbocycles. The topological polar surface area (TPSA) is 70.6 Å². The molecule has 0 heterocycles. The van der Waals surface area contributed by atoms with E-state index >= 15 is 0 Å². The van der Waals surface area contributed by atoms with E-state index in [1.165, 1.54) is 38.4 Å². The second-order valence-electron chi connectivity index (χ2n) is 5.35. The molecule has 1 fully saturated rings. The first kappa shape index (κ1) is 19.9. The van der Waals surface area contributed by atoms with Crippen molar-refractivity contribution < 1.29 is 8.42 Å². The summed E-state index contributed by atoms with van der Waals surface area (Å²) in [7, 11) is -1.21. The smallest absolute Gasteiger partial charge is 0.191 e. The fraction of sp³-hybridized carbons (Fsp3) is 0.923. The third kappa shape index (κ3) is 9.79. The summed E-state index contributed by atoms with van der Waals surface area (Å²) >= 11 is 0. The maximum atomic E-state index is 11.0. The van der Waals surface area contributed by atoms with Gasteiger partial charge in [0.05, 0.1) is 5.75 Å². The Kier molecular flexibility index (Phi) is 10.6. The van der Waals surface area contributed by atoms with Crippen molar-refractivity contribution in [2.24, 2.45) is 10.9 Å². The number of nitrogens with one attached hydrogen (secondary N) is 2. The van der Waals surface area contributed by atoms with Gasteiger partial charge in [-0.25, -0.2) is 8.42 Å². The number of aliphatic imine (C=N–C) groups is 1. The Morgan fingerprint density at radius 2 is 1.80 bits per heavy atom. The molecule has 0 aromatic carbocycles. The molecule has 0 atom stereocenters. The van der Waals surface area contributed by atoms with Crippen LogP contribution in [0.4, 0.5) is 0 Å². The summed E-state index contributed by atoms with van der Waals surface area (Å²) in [5.41, 5.74) is 0. The van der Waals surface area contributed by atoms with Crippen LogP contribution in [0.25, 0.3) is 0 Å². The zero-order valence-electron chi connectivity index (χ0n) is 12.5. The third-order valence-corrected chi connectivity index (χ3v) is 4.49. The molecule has 0 aliphatic heterocycles. The third-order valence-electron chi connectivity index (χ3n) is 3.55. The van der Waals surface area contributed by atoms with Gasteiger partial charge in [0.1, 0.15) is 9.84 Å². The van der Waals surface area contributed by atoms with Gasteiger partial charge in [0.2, 0.25) is 0 Å². The molecule has 0 radical (unpaired) electrons. The fourth-order valence-corrected chi connectivity index (χ4v) is 2.94. The van der Waals surface area contributed by atoms with Gasteiger partial charge < -0.3 is 10.6 Å². The molecule has 1 aliphatic rings. The van der Waals surface area contributed by atoms with Crippen molar-refractivity contribution in [2.75, 3.05) is 32.1 Å². The van der Waals surface area contributed by atoms with Gasteiger partial charge in [0, 0.05) is 26.4 Å². The van der Waals surface area contributed by atoms with Gasteiger partial charge in [-0.3, -0.25) is 4.99 Å². The molecule has 120 valence electrons. The van der Waals surface area contributed by atoms with Crippen LogP contribution in [0.1, 0.15) is 38.5 Å². The standard InChI is InChI=1S/C13H27N3O2S.HI/c1-14-13(16-10-11-19(2,17)18)15-9-5-8-12-6-3-4-7-12;/h12H,3-11H2,1-2H3,(H2,14,15,16);1H. The van der Waals surface area contributed by atoms with E-state index in [9.17, 15) is 8.42 Å². The van der Waals surface area contributed by atoms with Crippen LogP contribution in [-0.4, -0.2) is 46.5 Å². The molecule has 0 bridgehead atoms. The first-order valence-corrected chi connectivity index (χ1v) is 9.19. The second-order valence-corrected chi connectivity index (χ2v) is 7.61. The van der Waals surface area contributed by atoms with Gasteiger partial charge in [-0.2, -0.15) is 0 Å². The monoisotopic (exact) mass is 417 g/mol. The van der Waals surface area contributed by atoms with Crippen molar-refractivity contribution in [3.05, 3.63) is 0 Å². The number of rotatable bonds is 7. The predicted octanol–water partition coefficient (Wildman–Crippen LogP) is 1.78. The van der Waals surface area contributed by atoms with Gasteiger partial charge in [0.15, 0.2) is 5.96 Å². The lowest BCUT2D eigenvalue weighted by molar-refractivity contribution is 0.481. The molecule has 7 heteroatoms. The first-order valence-electron chi connectivity index (χ1n) is 7.13. The minimum atomic E-state index is -2.91. The van der Waals surface area contributed by atoms with Crippen molar-refractivity contribution in [2.45, 2.75) is 38.5 Å². The maximum Gasteiger partial charge on any atom is 0.191 e. The van der Waals surface area contributed by atoms with Crippen LogP contribution in [0.2, 0.25) is 0 Å². The highest BCUT2D eigenvalue weighted by Crippen LogP contribution is 2.28. The average Bonchev–Trinajstić information content (AvgIpc) is 2.83. The fourth-order valence-electron chi connectivity index (χ4n) is 2.47. The molecule has 5 nitrogen and oxygen atoms in total. The zero-order chi connectivity index (χ0) is 14.1. The minimum Gasteiger partial charge on any atom is -0.356 e. The summed E-state index contributed by atoms with van der Waals surface area (Å²) in [5, 5.41) is 6.24. The van der Waals surface area contributed by atoms with Crippen LogP contribution >= 0.6 is 24.0 Å². The highest BCUT2D eigenvalue weighted by atomic mass is 127. The Morgan fingerprint density at radius 1 is 1.20 bits per heavy atom. The molecule has 1 aliphatic carbocycles. The summed E-state index contributed by atoms with van der Waals surface area (Å²) in [5.74, 6) is 1.74. The summed E-state index contributed by atoms with van der Waals surface area (Å²) in [6.07, 6.45) is 9.25. The number of hydrogen-bond donors (Lipinski definition) is 2. The van der Waals surface area contributed by atoms with E-state index in [2.05, 4.69) is 15.6 Å². The minimum absolute atomic E-state index is 0. The molecule has 0 amide bonds. The van der Waals surface area contributed by atoms with Crippen molar-refractivity contribution in [1.82, 2.24) is 10.6 Å². The molecule has 2 N–H and O–H groups in total. The normalized spacial score (nSPS) is 16.8. The Hall–Kier alpha value is -0.0500. The number of nitrogens with zero attached hydrogens (tertiary/aromatic N) is 1. The van der Waals surface area contributed by atoms with E-state index in [0.29, 0.717) is 12.5 Å². The van der Waals surface area contributed by atoms with Crippen LogP contribution in [-0.2, 0) is 9.84 Å². The highest BCUT2D eigenvalue weighted by molar-refractivity contribution is 14.0. The van der Waals surface area contributed by atoms with Gasteiger partial charge >= 0.3 is 0 Å². The highest BCUT2D eigenvalue weighted by Gasteiger charge is 2.13. The molecule has 1 rings (SSSR count). The second kappa shape index (κ2) is 10.6. The summed E-state index contributed by atoms with van der Waals surface area (Å²) in [4.78, 5) is 4.08. The molecule has 20 heavy (non-hydrogen) atoms. The van der Waals surface area contributed by atoms with Gasteiger partial charge in [0.25, 0.3) is 0 Å². The zero-order valence-corrected chi connectivity index (χ0v) is 15.7. The number of halogens is 1. The molecule has 0 aromatic heterocycles. The summed E-state index contributed by atoms with van der Waals surface area (Å²) in [6, 6.07) is 0.